The Kier molecular flexibility index (Phi) is 5.36. The van der Waals surface area contributed by atoms with Crippen molar-refractivity contribution in [3.8, 4) is 0 Å². The number of carbonyl (C=O) groups is 2. The van der Waals surface area contributed by atoms with Gasteiger partial charge in [0.15, 0.2) is 0 Å². The van der Waals surface area contributed by atoms with Crippen molar-refractivity contribution in [2.24, 2.45) is 5.92 Å². The molecule has 3 heterocycles. The number of carbonyl (C=O) groups excluding carboxylic acids is 2. The monoisotopic (exact) mass is 449 g/mol. The van der Waals surface area contributed by atoms with E-state index in [1.807, 2.05) is 35.1 Å². The minimum Gasteiger partial charge on any atom is -0.351 e. The van der Waals surface area contributed by atoms with Gasteiger partial charge < -0.3 is 14.8 Å². The summed E-state index contributed by atoms with van der Waals surface area (Å²) < 4.78 is 3.14. The second-order valence-corrected chi connectivity index (χ2v) is 10.8. The lowest BCUT2D eigenvalue weighted by molar-refractivity contribution is -0.134. The summed E-state index contributed by atoms with van der Waals surface area (Å²) in [5, 5.41) is 5.37. The van der Waals surface area contributed by atoms with E-state index in [0.29, 0.717) is 18.8 Å². The van der Waals surface area contributed by atoms with Crippen LogP contribution < -0.4 is 5.32 Å². The van der Waals surface area contributed by atoms with E-state index < -0.39 is 5.54 Å². The summed E-state index contributed by atoms with van der Waals surface area (Å²) in [4.78, 5) is 29.4. The third kappa shape index (κ3) is 3.54. The molecule has 0 unspecified atom stereocenters. The summed E-state index contributed by atoms with van der Waals surface area (Å²) in [5.41, 5.74) is 2.97. The quantitative estimate of drug-likeness (QED) is 0.601. The van der Waals surface area contributed by atoms with Crippen LogP contribution in [0, 0.1) is 12.8 Å². The predicted octanol–water partition coefficient (Wildman–Crippen LogP) is 5.12. The van der Waals surface area contributed by atoms with Gasteiger partial charge in [0.05, 0.1) is 16.8 Å². The molecule has 6 heteroatoms. The van der Waals surface area contributed by atoms with Gasteiger partial charge in [0.1, 0.15) is 11.2 Å². The van der Waals surface area contributed by atoms with E-state index in [9.17, 15) is 9.59 Å². The van der Waals surface area contributed by atoms with Crippen LogP contribution in [0.3, 0.4) is 0 Å². The molecule has 1 N–H and O–H groups in total. The summed E-state index contributed by atoms with van der Waals surface area (Å²) >= 11 is 1.64. The highest BCUT2D eigenvalue weighted by atomic mass is 32.1. The Morgan fingerprint density at radius 3 is 2.69 bits per heavy atom. The molecule has 0 spiro atoms. The highest BCUT2D eigenvalue weighted by Gasteiger charge is 2.48. The van der Waals surface area contributed by atoms with Gasteiger partial charge in [0, 0.05) is 12.6 Å². The van der Waals surface area contributed by atoms with E-state index in [-0.39, 0.29) is 17.9 Å². The maximum Gasteiger partial charge on any atom is 0.271 e. The standard InChI is InChI=1S/C26H31N3O2S/c1-17-8-10-20(11-9-17)27-25(31)26(3)16-28-21-12-13-32-23(21)14-22(28)24(30)29(26)15-19-7-5-4-6-18(19)2/h4-7,12-14,17,20H,8-11,15-16H2,1-3H3,(H,27,31)/t17?,20?,26-/m0/s1. The first kappa shape index (κ1) is 21.3. The molecule has 0 radical (unpaired) electrons. The Hall–Kier alpha value is -2.60. The lowest BCUT2D eigenvalue weighted by Crippen LogP contribution is -2.64. The number of benzene rings is 1. The van der Waals surface area contributed by atoms with Crippen LogP contribution >= 0.6 is 11.3 Å². The minimum absolute atomic E-state index is 0.0401. The van der Waals surface area contributed by atoms with Crippen LogP contribution in [0.15, 0.2) is 41.8 Å². The number of hydrogen-bond acceptors (Lipinski definition) is 3. The summed E-state index contributed by atoms with van der Waals surface area (Å²) in [5.74, 6) is 0.612. The SMILES string of the molecule is Cc1ccccc1CN1C(=O)c2cc3sccc3n2C[C@@]1(C)C(=O)NC1CCC(C)CC1. The highest BCUT2D eigenvalue weighted by Crippen LogP contribution is 2.36. The van der Waals surface area contributed by atoms with Crippen molar-refractivity contribution >= 4 is 33.4 Å². The minimum atomic E-state index is -0.955. The molecule has 2 aromatic heterocycles. The predicted molar refractivity (Wildman–Crippen MR) is 129 cm³/mol. The lowest BCUT2D eigenvalue weighted by atomic mass is 9.86. The van der Waals surface area contributed by atoms with Gasteiger partial charge in [-0.1, -0.05) is 31.2 Å². The first-order chi connectivity index (χ1) is 15.4. The van der Waals surface area contributed by atoms with Crippen LogP contribution in [0.5, 0.6) is 0 Å². The average molecular weight is 450 g/mol. The van der Waals surface area contributed by atoms with Crippen LogP contribution in [-0.2, 0) is 17.9 Å². The summed E-state index contributed by atoms with van der Waals surface area (Å²) in [7, 11) is 0. The molecule has 5 rings (SSSR count). The van der Waals surface area contributed by atoms with Crippen LogP contribution in [0.1, 0.15) is 61.1 Å². The van der Waals surface area contributed by atoms with Crippen LogP contribution in [-0.4, -0.2) is 32.9 Å². The van der Waals surface area contributed by atoms with Crippen molar-refractivity contribution in [1.29, 1.82) is 0 Å². The second kappa shape index (κ2) is 8.07. The van der Waals surface area contributed by atoms with Gasteiger partial charge in [-0.05, 0) is 74.1 Å². The van der Waals surface area contributed by atoms with Crippen molar-refractivity contribution in [3.05, 3.63) is 58.6 Å². The molecule has 2 amide bonds. The fraction of sp³-hybridized carbons (Fsp3) is 0.462. The number of nitrogens with zero attached hydrogens (tertiary/aromatic N) is 2. The molecule has 1 aliphatic carbocycles. The van der Waals surface area contributed by atoms with Crippen molar-refractivity contribution in [2.45, 2.75) is 71.1 Å². The van der Waals surface area contributed by atoms with Crippen molar-refractivity contribution in [3.63, 3.8) is 0 Å². The van der Waals surface area contributed by atoms with Gasteiger partial charge in [-0.2, -0.15) is 0 Å². The number of aryl methyl sites for hydroxylation is 1. The Morgan fingerprint density at radius 1 is 1.19 bits per heavy atom. The van der Waals surface area contributed by atoms with Gasteiger partial charge in [-0.15, -0.1) is 11.3 Å². The molecular weight excluding hydrogens is 418 g/mol. The number of fused-ring (bicyclic) bond motifs is 3. The molecule has 1 aliphatic heterocycles. The first-order valence-electron chi connectivity index (χ1n) is 11.6. The van der Waals surface area contributed by atoms with E-state index in [4.69, 9.17) is 0 Å². The zero-order chi connectivity index (χ0) is 22.5. The molecule has 0 bridgehead atoms. The van der Waals surface area contributed by atoms with Gasteiger partial charge in [-0.25, -0.2) is 0 Å². The third-order valence-corrected chi connectivity index (χ3v) is 8.33. The highest BCUT2D eigenvalue weighted by molar-refractivity contribution is 7.17. The van der Waals surface area contributed by atoms with E-state index in [1.54, 1.807) is 16.2 Å². The van der Waals surface area contributed by atoms with E-state index in [2.05, 4.69) is 37.4 Å². The van der Waals surface area contributed by atoms with Crippen molar-refractivity contribution < 1.29 is 9.59 Å². The zero-order valence-corrected chi connectivity index (χ0v) is 19.9. The topological polar surface area (TPSA) is 54.3 Å². The number of amides is 2. The van der Waals surface area contributed by atoms with Crippen molar-refractivity contribution in [1.82, 2.24) is 14.8 Å². The van der Waals surface area contributed by atoms with E-state index in [1.165, 1.54) is 0 Å². The second-order valence-electron chi connectivity index (χ2n) is 9.81. The Labute approximate surface area is 193 Å². The number of thiophene rings is 1. The largest absolute Gasteiger partial charge is 0.351 e. The summed E-state index contributed by atoms with van der Waals surface area (Å²) in [6.07, 6.45) is 4.31. The number of hydrogen-bond donors (Lipinski definition) is 1. The lowest BCUT2D eigenvalue weighted by Gasteiger charge is -2.45. The van der Waals surface area contributed by atoms with Gasteiger partial charge in [0.25, 0.3) is 5.91 Å². The maximum atomic E-state index is 13.8. The van der Waals surface area contributed by atoms with Crippen molar-refractivity contribution in [2.75, 3.05) is 0 Å². The number of nitrogens with one attached hydrogen (secondary N) is 1. The molecule has 3 aromatic rings. The smallest absolute Gasteiger partial charge is 0.271 e. The molecule has 1 aromatic carbocycles. The first-order valence-corrected chi connectivity index (χ1v) is 12.5. The van der Waals surface area contributed by atoms with Crippen LogP contribution in [0.4, 0.5) is 0 Å². The van der Waals surface area contributed by atoms with Gasteiger partial charge in [-0.3, -0.25) is 9.59 Å². The Balaban J connectivity index is 1.52. The third-order valence-electron chi connectivity index (χ3n) is 7.48. The fourth-order valence-electron chi connectivity index (χ4n) is 5.22. The van der Waals surface area contributed by atoms with Crippen LogP contribution in [0.25, 0.3) is 10.2 Å². The summed E-state index contributed by atoms with van der Waals surface area (Å²) in [6.45, 7) is 7.17. The molecule has 5 nitrogen and oxygen atoms in total. The van der Waals surface area contributed by atoms with E-state index >= 15 is 0 Å². The molecule has 2 aliphatic rings. The molecule has 32 heavy (non-hydrogen) atoms. The van der Waals surface area contributed by atoms with Crippen LogP contribution in [0.2, 0.25) is 0 Å². The summed E-state index contributed by atoms with van der Waals surface area (Å²) in [6, 6.07) is 12.3. The average Bonchev–Trinajstić information content (AvgIpc) is 3.36. The normalized spacial score (nSPS) is 25.7. The zero-order valence-electron chi connectivity index (χ0n) is 19.1. The Bertz CT molecular complexity index is 1170. The molecule has 1 saturated carbocycles. The molecule has 0 saturated heterocycles. The fourth-order valence-corrected chi connectivity index (χ4v) is 6.05. The van der Waals surface area contributed by atoms with Gasteiger partial charge >= 0.3 is 0 Å². The number of rotatable bonds is 4. The molecular formula is C26H31N3O2S. The molecule has 168 valence electrons. The van der Waals surface area contributed by atoms with E-state index in [0.717, 1.165) is 52.9 Å². The maximum absolute atomic E-state index is 13.8. The molecule has 1 fully saturated rings. The molecule has 1 atom stereocenters. The number of aromatic nitrogens is 1. The van der Waals surface area contributed by atoms with Gasteiger partial charge in [0.2, 0.25) is 5.91 Å². The Morgan fingerprint density at radius 2 is 1.94 bits per heavy atom.